The number of ether oxygens (including phenoxy) is 1. The summed E-state index contributed by atoms with van der Waals surface area (Å²) in [4.78, 5) is 12.2. The molecule has 0 saturated heterocycles. The van der Waals surface area contributed by atoms with Gasteiger partial charge < -0.3 is 15.0 Å². The van der Waals surface area contributed by atoms with Gasteiger partial charge in [-0.3, -0.25) is 4.79 Å². The van der Waals surface area contributed by atoms with Crippen LogP contribution in [0.15, 0.2) is 84.9 Å². The number of carbonyl (C=O) groups excluding carboxylic acids is 1. The first-order valence-electron chi connectivity index (χ1n) is 10.7. The van der Waals surface area contributed by atoms with E-state index >= 15 is 0 Å². The van der Waals surface area contributed by atoms with Crippen molar-refractivity contribution < 1.29 is 9.53 Å². The number of aromatic nitrogens is 1. The lowest BCUT2D eigenvalue weighted by Crippen LogP contribution is -2.11. The van der Waals surface area contributed by atoms with Crippen LogP contribution in [0.1, 0.15) is 22.8 Å². The van der Waals surface area contributed by atoms with Crippen LogP contribution in [0.2, 0.25) is 0 Å². The summed E-state index contributed by atoms with van der Waals surface area (Å²) in [6.07, 6.45) is 0. The van der Waals surface area contributed by atoms with Crippen LogP contribution in [-0.4, -0.2) is 17.1 Å². The normalized spacial score (nSPS) is 11.2. The molecular formula is C28H23N2O2. The van der Waals surface area contributed by atoms with Crippen molar-refractivity contribution in [1.82, 2.24) is 4.57 Å². The summed E-state index contributed by atoms with van der Waals surface area (Å²) in [7, 11) is 0. The van der Waals surface area contributed by atoms with E-state index in [4.69, 9.17) is 10.5 Å². The molecule has 0 aliphatic carbocycles. The van der Waals surface area contributed by atoms with Crippen molar-refractivity contribution in [2.45, 2.75) is 13.5 Å². The van der Waals surface area contributed by atoms with Gasteiger partial charge in [-0.15, -0.1) is 0 Å². The van der Waals surface area contributed by atoms with Crippen molar-refractivity contribution in [1.29, 1.82) is 0 Å². The van der Waals surface area contributed by atoms with Crippen molar-refractivity contribution in [2.75, 3.05) is 6.61 Å². The average molecular weight is 420 g/mol. The molecule has 0 aliphatic heterocycles. The summed E-state index contributed by atoms with van der Waals surface area (Å²) in [6.45, 7) is 3.23. The van der Waals surface area contributed by atoms with Crippen molar-refractivity contribution in [3.05, 3.63) is 102 Å². The number of carbonyl (C=O) groups is 1. The molecule has 157 valence electrons. The molecule has 0 atom stereocenters. The summed E-state index contributed by atoms with van der Waals surface area (Å²) >= 11 is 0. The third kappa shape index (κ3) is 3.50. The number of nitrogens with zero attached hydrogens (tertiary/aromatic N) is 1. The molecule has 2 N–H and O–H groups in total. The molecule has 0 fully saturated rings. The van der Waals surface area contributed by atoms with E-state index in [1.165, 1.54) is 0 Å². The van der Waals surface area contributed by atoms with Gasteiger partial charge in [0.15, 0.2) is 0 Å². The maximum Gasteiger partial charge on any atom is 0.249 e. The lowest BCUT2D eigenvalue weighted by Gasteiger charge is -2.11. The number of hydrogen-bond acceptors (Lipinski definition) is 2. The Labute approximate surface area is 186 Å². The average Bonchev–Trinajstić information content (AvgIpc) is 3.13. The molecule has 4 heteroatoms. The van der Waals surface area contributed by atoms with E-state index in [0.29, 0.717) is 18.7 Å². The highest BCUT2D eigenvalue weighted by molar-refractivity contribution is 6.18. The largest absolute Gasteiger partial charge is 0.494 e. The van der Waals surface area contributed by atoms with Crippen LogP contribution in [0.5, 0.6) is 5.75 Å². The molecular weight excluding hydrogens is 396 g/mol. The minimum atomic E-state index is -0.437. The lowest BCUT2D eigenvalue weighted by molar-refractivity contribution is 0.100. The van der Waals surface area contributed by atoms with Gasteiger partial charge in [-0.1, -0.05) is 48.5 Å². The predicted molar refractivity (Wildman–Crippen MR) is 129 cm³/mol. The number of hydrogen-bond donors (Lipinski definition) is 1. The number of rotatable bonds is 6. The molecule has 1 amide bonds. The van der Waals surface area contributed by atoms with E-state index in [-0.39, 0.29) is 0 Å². The standard InChI is InChI=1S/C28H23N2O2/c1-2-32-22-11-6-8-19(16-22)18-30-25-13-7-12-24(28(29)31)27(25)23-15-14-21(17-26(23)30)20-9-4-3-5-10-20/h3-14,16-17H,2,18H2,1H3,(H2,29,31). The zero-order valence-corrected chi connectivity index (χ0v) is 17.8. The highest BCUT2D eigenvalue weighted by atomic mass is 16.5. The molecule has 0 aliphatic rings. The Morgan fingerprint density at radius 3 is 2.53 bits per heavy atom. The van der Waals surface area contributed by atoms with Gasteiger partial charge in [0.05, 0.1) is 17.6 Å². The SMILES string of the molecule is CCOc1cccc(Cn2c3cc(-c4ccccc4)c[c]c3c3c(C(N)=O)cccc32)c1. The molecule has 1 heterocycles. The molecule has 1 radical (unpaired) electrons. The Bertz CT molecular complexity index is 1430. The number of benzene rings is 4. The Balaban J connectivity index is 1.75. The van der Waals surface area contributed by atoms with Crippen LogP contribution in [0.25, 0.3) is 32.9 Å². The summed E-state index contributed by atoms with van der Waals surface area (Å²) in [5, 5.41) is 1.74. The third-order valence-electron chi connectivity index (χ3n) is 5.72. The molecule has 0 saturated carbocycles. The van der Waals surface area contributed by atoms with Gasteiger partial charge in [-0.2, -0.15) is 0 Å². The summed E-state index contributed by atoms with van der Waals surface area (Å²) in [5.41, 5.74) is 11.5. The fourth-order valence-corrected chi connectivity index (χ4v) is 4.31. The number of nitrogens with two attached hydrogens (primary N) is 1. The minimum Gasteiger partial charge on any atom is -0.494 e. The highest BCUT2D eigenvalue weighted by Crippen LogP contribution is 2.35. The molecule has 1 aromatic heterocycles. The van der Waals surface area contributed by atoms with Gasteiger partial charge in [-0.25, -0.2) is 0 Å². The Hall–Kier alpha value is -4.05. The zero-order valence-electron chi connectivity index (χ0n) is 17.8. The van der Waals surface area contributed by atoms with Gasteiger partial charge in [0.25, 0.3) is 0 Å². The lowest BCUT2D eigenvalue weighted by atomic mass is 10.0. The van der Waals surface area contributed by atoms with Crippen LogP contribution in [0.3, 0.4) is 0 Å². The first kappa shape index (κ1) is 19.9. The maximum atomic E-state index is 12.2. The minimum absolute atomic E-state index is 0.437. The second-order valence-corrected chi connectivity index (χ2v) is 7.75. The van der Waals surface area contributed by atoms with Crippen LogP contribution in [-0.2, 0) is 6.54 Å². The van der Waals surface area contributed by atoms with Crippen LogP contribution >= 0.6 is 0 Å². The second-order valence-electron chi connectivity index (χ2n) is 7.75. The topological polar surface area (TPSA) is 57.2 Å². The van der Waals surface area contributed by atoms with Crippen molar-refractivity contribution in [3.8, 4) is 16.9 Å². The zero-order chi connectivity index (χ0) is 22.1. The molecule has 4 aromatic carbocycles. The van der Waals surface area contributed by atoms with E-state index in [1.807, 2.05) is 55.5 Å². The van der Waals surface area contributed by atoms with Crippen molar-refractivity contribution in [2.24, 2.45) is 5.73 Å². The van der Waals surface area contributed by atoms with Gasteiger partial charge in [0, 0.05) is 22.9 Å². The van der Waals surface area contributed by atoms with Crippen molar-refractivity contribution in [3.63, 3.8) is 0 Å². The second kappa shape index (κ2) is 8.23. The van der Waals surface area contributed by atoms with E-state index < -0.39 is 5.91 Å². The highest BCUT2D eigenvalue weighted by Gasteiger charge is 2.17. The van der Waals surface area contributed by atoms with Crippen molar-refractivity contribution >= 4 is 27.7 Å². The molecule has 0 unspecified atom stereocenters. The number of primary amides is 1. The van der Waals surface area contributed by atoms with E-state index in [2.05, 4.69) is 41.0 Å². The Morgan fingerprint density at radius 2 is 1.75 bits per heavy atom. The first-order chi connectivity index (χ1) is 15.7. The molecule has 5 rings (SSSR count). The van der Waals surface area contributed by atoms with Crippen LogP contribution in [0.4, 0.5) is 0 Å². The molecule has 32 heavy (non-hydrogen) atoms. The summed E-state index contributed by atoms with van der Waals surface area (Å²) in [6, 6.07) is 31.6. The van der Waals surface area contributed by atoms with E-state index in [0.717, 1.165) is 44.2 Å². The Kier molecular flexibility index (Phi) is 5.12. The molecule has 4 nitrogen and oxygen atoms in total. The monoisotopic (exact) mass is 419 g/mol. The quantitative estimate of drug-likeness (QED) is 0.378. The summed E-state index contributed by atoms with van der Waals surface area (Å²) < 4.78 is 7.92. The number of amides is 1. The van der Waals surface area contributed by atoms with E-state index in [9.17, 15) is 4.79 Å². The molecule has 0 spiro atoms. The maximum absolute atomic E-state index is 12.2. The first-order valence-corrected chi connectivity index (χ1v) is 10.7. The Morgan fingerprint density at radius 1 is 0.938 bits per heavy atom. The summed E-state index contributed by atoms with van der Waals surface area (Å²) in [5.74, 6) is 0.411. The third-order valence-corrected chi connectivity index (χ3v) is 5.72. The van der Waals surface area contributed by atoms with Gasteiger partial charge in [0.1, 0.15) is 5.75 Å². The van der Waals surface area contributed by atoms with E-state index in [1.54, 1.807) is 6.07 Å². The number of fused-ring (bicyclic) bond motifs is 3. The molecule has 5 aromatic rings. The fourth-order valence-electron chi connectivity index (χ4n) is 4.31. The van der Waals surface area contributed by atoms with Gasteiger partial charge in [0.2, 0.25) is 5.91 Å². The molecule has 0 bridgehead atoms. The smallest absolute Gasteiger partial charge is 0.249 e. The fraction of sp³-hybridized carbons (Fsp3) is 0.107. The van der Waals surface area contributed by atoms with Crippen LogP contribution in [0, 0.1) is 6.07 Å². The van der Waals surface area contributed by atoms with Gasteiger partial charge in [-0.05, 0) is 66.1 Å². The predicted octanol–water partition coefficient (Wildman–Crippen LogP) is 5.81. The van der Waals surface area contributed by atoms with Crippen LogP contribution < -0.4 is 10.5 Å². The van der Waals surface area contributed by atoms with Gasteiger partial charge >= 0.3 is 0 Å².